The van der Waals surface area contributed by atoms with Gasteiger partial charge in [-0.25, -0.2) is 0 Å². The number of halogens is 1. The van der Waals surface area contributed by atoms with Gasteiger partial charge in [0.2, 0.25) is 0 Å². The van der Waals surface area contributed by atoms with Crippen molar-refractivity contribution in [3.63, 3.8) is 0 Å². The lowest BCUT2D eigenvalue weighted by molar-refractivity contribution is 0.192. The van der Waals surface area contributed by atoms with E-state index in [9.17, 15) is 5.11 Å². The van der Waals surface area contributed by atoms with Crippen LogP contribution in [0.3, 0.4) is 0 Å². The molecule has 1 aromatic rings. The largest absolute Gasteiger partial charge is 0.396 e. The molecule has 0 radical (unpaired) electrons. The third-order valence-electron chi connectivity index (χ3n) is 3.68. The van der Waals surface area contributed by atoms with Crippen LogP contribution in [-0.4, -0.2) is 18.3 Å². The zero-order valence-electron chi connectivity index (χ0n) is 10.0. The summed E-state index contributed by atoms with van der Waals surface area (Å²) in [5, 5.41) is 12.8. The summed E-state index contributed by atoms with van der Waals surface area (Å²) < 4.78 is 1.13. The van der Waals surface area contributed by atoms with Gasteiger partial charge in [-0.05, 0) is 48.9 Å². The zero-order chi connectivity index (χ0) is 12.1. The number of hydrogen-bond donors (Lipinski definition) is 2. The van der Waals surface area contributed by atoms with E-state index in [1.54, 1.807) is 0 Å². The molecule has 2 nitrogen and oxygen atoms in total. The highest BCUT2D eigenvalue weighted by atomic mass is 79.9. The van der Waals surface area contributed by atoms with Crippen molar-refractivity contribution >= 4 is 15.9 Å². The van der Waals surface area contributed by atoms with Crippen LogP contribution in [0, 0.1) is 11.8 Å². The number of benzene rings is 1. The molecule has 0 amide bonds. The number of aliphatic hydroxyl groups is 1. The molecule has 2 unspecified atom stereocenters. The molecule has 0 aliphatic heterocycles. The fraction of sp³-hybridized carbons (Fsp3) is 0.571. The monoisotopic (exact) mass is 297 g/mol. The highest BCUT2D eigenvalue weighted by Crippen LogP contribution is 2.30. The van der Waals surface area contributed by atoms with Gasteiger partial charge < -0.3 is 10.4 Å². The predicted octanol–water partition coefficient (Wildman–Crippen LogP) is 2.95. The Labute approximate surface area is 112 Å². The molecule has 0 saturated heterocycles. The molecule has 2 atom stereocenters. The average molecular weight is 298 g/mol. The standard InChI is InChI=1S/C14H20BrNO/c15-14-6-1-3-11(7-14)8-16-9-12-4-2-5-13(12)10-17/h1,3,6-7,12-13,16-17H,2,4-5,8-10H2. The molecular weight excluding hydrogens is 278 g/mol. The summed E-state index contributed by atoms with van der Waals surface area (Å²) in [7, 11) is 0. The summed E-state index contributed by atoms with van der Waals surface area (Å²) in [6, 6.07) is 8.39. The topological polar surface area (TPSA) is 32.3 Å². The van der Waals surface area contributed by atoms with Crippen molar-refractivity contribution in [2.75, 3.05) is 13.2 Å². The zero-order valence-corrected chi connectivity index (χ0v) is 11.6. The van der Waals surface area contributed by atoms with Gasteiger partial charge in [0, 0.05) is 17.6 Å². The van der Waals surface area contributed by atoms with Crippen molar-refractivity contribution in [3.05, 3.63) is 34.3 Å². The molecule has 0 bridgehead atoms. The first-order chi connectivity index (χ1) is 8.29. The van der Waals surface area contributed by atoms with Gasteiger partial charge >= 0.3 is 0 Å². The van der Waals surface area contributed by atoms with Crippen LogP contribution < -0.4 is 5.32 Å². The summed E-state index contributed by atoms with van der Waals surface area (Å²) in [4.78, 5) is 0. The van der Waals surface area contributed by atoms with E-state index in [1.165, 1.54) is 24.8 Å². The van der Waals surface area contributed by atoms with E-state index >= 15 is 0 Å². The first-order valence-electron chi connectivity index (χ1n) is 6.35. The highest BCUT2D eigenvalue weighted by Gasteiger charge is 2.25. The van der Waals surface area contributed by atoms with Crippen LogP contribution >= 0.6 is 15.9 Å². The van der Waals surface area contributed by atoms with Gasteiger partial charge in [-0.15, -0.1) is 0 Å². The van der Waals surface area contributed by atoms with Crippen molar-refractivity contribution in [2.24, 2.45) is 11.8 Å². The van der Waals surface area contributed by atoms with Crippen LogP contribution in [0.2, 0.25) is 0 Å². The van der Waals surface area contributed by atoms with Gasteiger partial charge in [-0.1, -0.05) is 34.5 Å². The molecule has 0 aromatic heterocycles. The summed E-state index contributed by atoms with van der Waals surface area (Å²) >= 11 is 3.48. The van der Waals surface area contributed by atoms with Crippen LogP contribution in [-0.2, 0) is 6.54 Å². The summed E-state index contributed by atoms with van der Waals surface area (Å²) in [5.41, 5.74) is 1.30. The number of hydrogen-bond acceptors (Lipinski definition) is 2. The van der Waals surface area contributed by atoms with Gasteiger partial charge in [-0.3, -0.25) is 0 Å². The van der Waals surface area contributed by atoms with E-state index in [2.05, 4.69) is 39.4 Å². The second-order valence-corrected chi connectivity index (χ2v) is 5.81. The van der Waals surface area contributed by atoms with Gasteiger partial charge in [0.05, 0.1) is 0 Å². The molecule has 0 heterocycles. The minimum atomic E-state index is 0.350. The molecular formula is C14H20BrNO. The SMILES string of the molecule is OCC1CCCC1CNCc1cccc(Br)c1. The van der Waals surface area contributed by atoms with Crippen molar-refractivity contribution in [3.8, 4) is 0 Å². The van der Waals surface area contributed by atoms with Crippen LogP contribution in [0.4, 0.5) is 0 Å². The van der Waals surface area contributed by atoms with Gasteiger partial charge in [0.25, 0.3) is 0 Å². The fourth-order valence-corrected chi connectivity index (χ4v) is 3.12. The summed E-state index contributed by atoms with van der Waals surface area (Å²) in [6.45, 7) is 2.29. The Morgan fingerprint density at radius 2 is 2.12 bits per heavy atom. The van der Waals surface area contributed by atoms with E-state index in [0.29, 0.717) is 18.4 Å². The minimum absolute atomic E-state index is 0.350. The highest BCUT2D eigenvalue weighted by molar-refractivity contribution is 9.10. The molecule has 1 aliphatic carbocycles. The molecule has 1 saturated carbocycles. The van der Waals surface area contributed by atoms with Gasteiger partial charge in [0.1, 0.15) is 0 Å². The number of rotatable bonds is 5. The lowest BCUT2D eigenvalue weighted by Crippen LogP contribution is -2.26. The summed E-state index contributed by atoms with van der Waals surface area (Å²) in [6.07, 6.45) is 3.73. The maximum atomic E-state index is 9.26. The van der Waals surface area contributed by atoms with Crippen molar-refractivity contribution in [1.82, 2.24) is 5.32 Å². The Bertz CT molecular complexity index is 356. The molecule has 2 rings (SSSR count). The van der Waals surface area contributed by atoms with E-state index in [4.69, 9.17) is 0 Å². The second kappa shape index (κ2) is 6.53. The Kier molecular flexibility index (Phi) is 5.01. The van der Waals surface area contributed by atoms with Crippen molar-refractivity contribution < 1.29 is 5.11 Å². The molecule has 3 heteroatoms. The first kappa shape index (κ1) is 13.1. The first-order valence-corrected chi connectivity index (χ1v) is 7.15. The normalized spacial score (nSPS) is 24.1. The van der Waals surface area contributed by atoms with Gasteiger partial charge in [0.15, 0.2) is 0 Å². The molecule has 2 N–H and O–H groups in total. The fourth-order valence-electron chi connectivity index (χ4n) is 2.67. The van der Waals surface area contributed by atoms with Gasteiger partial charge in [-0.2, -0.15) is 0 Å². The molecule has 0 spiro atoms. The lowest BCUT2D eigenvalue weighted by Gasteiger charge is -2.17. The Balaban J connectivity index is 1.76. The number of aliphatic hydroxyl groups excluding tert-OH is 1. The van der Waals surface area contributed by atoms with Crippen LogP contribution in [0.25, 0.3) is 0 Å². The third kappa shape index (κ3) is 3.80. The Morgan fingerprint density at radius 1 is 1.29 bits per heavy atom. The molecule has 1 fully saturated rings. The third-order valence-corrected chi connectivity index (χ3v) is 4.17. The molecule has 17 heavy (non-hydrogen) atoms. The minimum Gasteiger partial charge on any atom is -0.396 e. The molecule has 1 aromatic carbocycles. The Morgan fingerprint density at radius 3 is 2.88 bits per heavy atom. The van der Waals surface area contributed by atoms with E-state index in [-0.39, 0.29) is 0 Å². The van der Waals surface area contributed by atoms with Crippen LogP contribution in [0.1, 0.15) is 24.8 Å². The van der Waals surface area contributed by atoms with E-state index in [0.717, 1.165) is 17.6 Å². The van der Waals surface area contributed by atoms with Crippen molar-refractivity contribution in [2.45, 2.75) is 25.8 Å². The molecule has 1 aliphatic rings. The van der Waals surface area contributed by atoms with Crippen LogP contribution in [0.15, 0.2) is 28.7 Å². The molecule has 94 valence electrons. The second-order valence-electron chi connectivity index (χ2n) is 4.89. The lowest BCUT2D eigenvalue weighted by atomic mass is 9.97. The summed E-state index contributed by atoms with van der Waals surface area (Å²) in [5.74, 6) is 1.18. The van der Waals surface area contributed by atoms with E-state index < -0.39 is 0 Å². The average Bonchev–Trinajstić information content (AvgIpc) is 2.77. The van der Waals surface area contributed by atoms with Crippen molar-refractivity contribution in [1.29, 1.82) is 0 Å². The maximum absolute atomic E-state index is 9.26. The quantitative estimate of drug-likeness (QED) is 0.876. The smallest absolute Gasteiger partial charge is 0.0462 e. The Hall–Kier alpha value is -0.380. The van der Waals surface area contributed by atoms with E-state index in [1.807, 2.05) is 6.07 Å². The number of nitrogens with one attached hydrogen (secondary N) is 1. The van der Waals surface area contributed by atoms with Crippen LogP contribution in [0.5, 0.6) is 0 Å². The predicted molar refractivity (Wildman–Crippen MR) is 73.8 cm³/mol. The maximum Gasteiger partial charge on any atom is 0.0462 e.